The zero-order valence-corrected chi connectivity index (χ0v) is 10.2. The van der Waals surface area contributed by atoms with E-state index in [1.807, 2.05) is 0 Å². The molecule has 0 fully saturated rings. The molecule has 0 aliphatic heterocycles. The molecular formula is C8H4BrF7N2O. The van der Waals surface area contributed by atoms with Gasteiger partial charge in [-0.2, -0.15) is 35.8 Å². The maximum absolute atomic E-state index is 12.7. The molecule has 3 nitrogen and oxygen atoms in total. The van der Waals surface area contributed by atoms with Crippen LogP contribution in [0.1, 0.15) is 5.76 Å². The van der Waals surface area contributed by atoms with Crippen LogP contribution in [0.2, 0.25) is 0 Å². The van der Waals surface area contributed by atoms with Gasteiger partial charge >= 0.3 is 18.1 Å². The second-order valence-electron chi connectivity index (χ2n) is 3.16. The van der Waals surface area contributed by atoms with Crippen LogP contribution in [-0.2, 0) is 0 Å². The zero-order valence-electron chi connectivity index (χ0n) is 8.61. The fraction of sp³-hybridized carbons (Fsp3) is 0.375. The molecule has 0 saturated heterocycles. The van der Waals surface area contributed by atoms with E-state index >= 15 is 0 Å². The van der Waals surface area contributed by atoms with E-state index in [9.17, 15) is 30.7 Å². The normalized spacial score (nSPS) is 14.1. The quantitative estimate of drug-likeness (QED) is 0.386. The van der Waals surface area contributed by atoms with Gasteiger partial charge in [0.2, 0.25) is 0 Å². The molecule has 0 spiro atoms. The van der Waals surface area contributed by atoms with Crippen LogP contribution in [0, 0.1) is 0 Å². The van der Waals surface area contributed by atoms with Crippen molar-refractivity contribution in [1.82, 2.24) is 5.43 Å². The predicted molar refractivity (Wildman–Crippen MR) is 53.1 cm³/mol. The van der Waals surface area contributed by atoms with Gasteiger partial charge in [-0.3, -0.25) is 0 Å². The highest BCUT2D eigenvalue weighted by Gasteiger charge is 2.73. The van der Waals surface area contributed by atoms with Crippen LogP contribution in [0.15, 0.2) is 26.3 Å². The van der Waals surface area contributed by atoms with Gasteiger partial charge in [-0.15, -0.1) is 0 Å². The summed E-state index contributed by atoms with van der Waals surface area (Å²) in [5, 5.41) is 2.59. The molecule has 0 unspecified atom stereocenters. The highest BCUT2D eigenvalue weighted by Crippen LogP contribution is 2.44. The second kappa shape index (κ2) is 5.02. The second-order valence-corrected chi connectivity index (χ2v) is 3.94. The molecule has 0 radical (unpaired) electrons. The van der Waals surface area contributed by atoms with E-state index in [1.54, 1.807) is 0 Å². The Bertz CT molecular complexity index is 468. The standard InChI is InChI=1S/C8H4BrF7N2O/c9-5-2-1-4(19-5)3-17-18-8(15,16)6(10,11)7(12,13)14/h1-3,18H/b17-3+. The highest BCUT2D eigenvalue weighted by molar-refractivity contribution is 9.10. The zero-order chi connectivity index (χ0) is 14.9. The number of alkyl halides is 7. The summed E-state index contributed by atoms with van der Waals surface area (Å²) in [7, 11) is 0. The third kappa shape index (κ3) is 3.39. The summed E-state index contributed by atoms with van der Waals surface area (Å²) in [6, 6.07) is -3.04. The van der Waals surface area contributed by atoms with Crippen molar-refractivity contribution in [2.75, 3.05) is 0 Å². The first-order valence-corrected chi connectivity index (χ1v) is 5.14. The number of furan rings is 1. The molecule has 11 heteroatoms. The van der Waals surface area contributed by atoms with Crippen LogP contribution in [0.4, 0.5) is 30.7 Å². The Hall–Kier alpha value is -1.26. The minimum atomic E-state index is -6.41. The average Bonchev–Trinajstić information content (AvgIpc) is 2.62. The highest BCUT2D eigenvalue weighted by atomic mass is 79.9. The SMILES string of the molecule is FC(F)(F)C(F)(F)C(F)(F)N/N=C/c1ccc(Br)o1. The lowest BCUT2D eigenvalue weighted by Crippen LogP contribution is -2.58. The molecule has 1 aromatic heterocycles. The molecule has 1 aromatic rings. The molecule has 0 amide bonds. The maximum Gasteiger partial charge on any atom is 0.462 e. The van der Waals surface area contributed by atoms with Crippen LogP contribution < -0.4 is 5.43 Å². The molecule has 0 aliphatic rings. The number of hydrazone groups is 1. The van der Waals surface area contributed by atoms with Crippen LogP contribution in [0.3, 0.4) is 0 Å². The van der Waals surface area contributed by atoms with E-state index in [1.165, 1.54) is 12.1 Å². The van der Waals surface area contributed by atoms with Crippen molar-refractivity contribution in [3.8, 4) is 0 Å². The van der Waals surface area contributed by atoms with Gasteiger partial charge in [-0.1, -0.05) is 0 Å². The van der Waals surface area contributed by atoms with Crippen molar-refractivity contribution in [2.24, 2.45) is 5.10 Å². The molecule has 0 bridgehead atoms. The van der Waals surface area contributed by atoms with Crippen molar-refractivity contribution in [1.29, 1.82) is 0 Å². The fourth-order valence-corrected chi connectivity index (χ4v) is 1.14. The Balaban J connectivity index is 2.78. The van der Waals surface area contributed by atoms with Crippen molar-refractivity contribution >= 4 is 22.1 Å². The van der Waals surface area contributed by atoms with Crippen LogP contribution >= 0.6 is 15.9 Å². The summed E-state index contributed by atoms with van der Waals surface area (Å²) in [5.74, 6) is -6.40. The topological polar surface area (TPSA) is 37.5 Å². The van der Waals surface area contributed by atoms with Gasteiger partial charge in [0, 0.05) is 0 Å². The van der Waals surface area contributed by atoms with Crippen LogP contribution in [0.5, 0.6) is 0 Å². The largest absolute Gasteiger partial charge is 0.462 e. The molecule has 1 rings (SSSR count). The summed E-state index contributed by atoms with van der Waals surface area (Å²) in [4.78, 5) is 0. The Labute approximate surface area is 109 Å². The smallest absolute Gasteiger partial charge is 0.448 e. The molecule has 0 atom stereocenters. The Kier molecular flexibility index (Phi) is 4.17. The first kappa shape index (κ1) is 15.8. The van der Waals surface area contributed by atoms with Crippen molar-refractivity contribution in [2.45, 2.75) is 18.1 Å². The van der Waals surface area contributed by atoms with Gasteiger partial charge in [0.1, 0.15) is 5.76 Å². The Morgan fingerprint density at radius 2 is 1.68 bits per heavy atom. The van der Waals surface area contributed by atoms with E-state index in [4.69, 9.17) is 4.42 Å². The third-order valence-electron chi connectivity index (χ3n) is 1.74. The molecule has 0 aliphatic carbocycles. The van der Waals surface area contributed by atoms with E-state index in [0.717, 1.165) is 0 Å². The van der Waals surface area contributed by atoms with Gasteiger partial charge in [-0.25, -0.2) is 5.43 Å². The molecule has 0 aromatic carbocycles. The van der Waals surface area contributed by atoms with Gasteiger partial charge < -0.3 is 4.42 Å². The Morgan fingerprint density at radius 1 is 1.11 bits per heavy atom. The first-order valence-electron chi connectivity index (χ1n) is 4.35. The summed E-state index contributed by atoms with van der Waals surface area (Å²) in [6.45, 7) is 0. The fourth-order valence-electron chi connectivity index (χ4n) is 0.823. The summed E-state index contributed by atoms with van der Waals surface area (Å²) in [5.41, 5.74) is 0.454. The average molecular weight is 357 g/mol. The van der Waals surface area contributed by atoms with Crippen LogP contribution in [0.25, 0.3) is 0 Å². The van der Waals surface area contributed by atoms with E-state index < -0.39 is 18.1 Å². The molecule has 1 N–H and O–H groups in total. The van der Waals surface area contributed by atoms with E-state index in [-0.39, 0.29) is 10.4 Å². The number of hydrogen-bond donors (Lipinski definition) is 1. The lowest BCUT2D eigenvalue weighted by molar-refractivity contribution is -0.361. The molecule has 108 valence electrons. The van der Waals surface area contributed by atoms with Gasteiger partial charge in [-0.05, 0) is 28.1 Å². The number of hydrogen-bond acceptors (Lipinski definition) is 3. The summed E-state index contributed by atoms with van der Waals surface area (Å²) >= 11 is 2.86. The first-order chi connectivity index (χ1) is 8.47. The molecular weight excluding hydrogens is 353 g/mol. The number of nitrogens with zero attached hydrogens (tertiary/aromatic N) is 1. The maximum atomic E-state index is 12.7. The van der Waals surface area contributed by atoms with Crippen molar-refractivity contribution in [3.05, 3.63) is 22.6 Å². The molecule has 0 saturated carbocycles. The van der Waals surface area contributed by atoms with Crippen molar-refractivity contribution in [3.63, 3.8) is 0 Å². The molecule has 19 heavy (non-hydrogen) atoms. The van der Waals surface area contributed by atoms with E-state index in [2.05, 4.69) is 21.0 Å². The number of nitrogens with one attached hydrogen (secondary N) is 1. The summed E-state index contributed by atoms with van der Waals surface area (Å²) < 4.78 is 90.3. The van der Waals surface area contributed by atoms with Crippen molar-refractivity contribution < 1.29 is 35.2 Å². The van der Waals surface area contributed by atoms with Gasteiger partial charge in [0.25, 0.3) is 0 Å². The summed E-state index contributed by atoms with van der Waals surface area (Å²) in [6.07, 6.45) is -5.89. The lowest BCUT2D eigenvalue weighted by atomic mass is 10.3. The minimum Gasteiger partial charge on any atom is -0.448 e. The lowest BCUT2D eigenvalue weighted by Gasteiger charge is -2.27. The van der Waals surface area contributed by atoms with Crippen LogP contribution in [-0.4, -0.2) is 24.4 Å². The third-order valence-corrected chi connectivity index (χ3v) is 2.17. The number of halogens is 8. The Morgan fingerprint density at radius 3 is 2.11 bits per heavy atom. The minimum absolute atomic E-state index is 0.134. The van der Waals surface area contributed by atoms with Gasteiger partial charge in [0.15, 0.2) is 4.67 Å². The molecule has 1 heterocycles. The monoisotopic (exact) mass is 356 g/mol. The van der Waals surface area contributed by atoms with E-state index in [0.29, 0.717) is 11.6 Å². The number of rotatable bonds is 4. The predicted octanol–water partition coefficient (Wildman–Crippen LogP) is 3.76. The van der Waals surface area contributed by atoms with Gasteiger partial charge in [0.05, 0.1) is 6.21 Å².